The van der Waals surface area contributed by atoms with Crippen molar-refractivity contribution < 1.29 is 22.1 Å². The first-order valence-electron chi connectivity index (χ1n) is 9.73. The molecule has 2 saturated carbocycles. The van der Waals surface area contributed by atoms with E-state index in [1.807, 2.05) is 0 Å². The Bertz CT molecular complexity index is 590. The number of amides is 1. The van der Waals surface area contributed by atoms with Crippen LogP contribution in [0, 0.1) is 17.8 Å². The third kappa shape index (κ3) is 3.97. The fourth-order valence-corrected chi connectivity index (χ4v) is 6.09. The number of hydrogen-bond donors (Lipinski definition) is 0. The van der Waals surface area contributed by atoms with E-state index >= 15 is 0 Å². The zero-order chi connectivity index (χ0) is 18.2. The molecule has 0 bridgehead atoms. The van der Waals surface area contributed by atoms with Crippen molar-refractivity contribution in [3.05, 3.63) is 0 Å². The van der Waals surface area contributed by atoms with Gasteiger partial charge in [0.15, 0.2) is 0 Å². The molecule has 2 unspecified atom stereocenters. The summed E-state index contributed by atoms with van der Waals surface area (Å²) < 4.78 is 36.7. The highest BCUT2D eigenvalue weighted by Crippen LogP contribution is 2.38. The third-order valence-corrected chi connectivity index (χ3v) is 7.49. The molecule has 0 spiro atoms. The maximum atomic E-state index is 12.8. The van der Waals surface area contributed by atoms with Crippen LogP contribution in [0.1, 0.15) is 72.1 Å². The molecule has 3 fully saturated rings. The Morgan fingerprint density at radius 1 is 1.12 bits per heavy atom. The monoisotopic (exact) mass is 373 g/mol. The van der Waals surface area contributed by atoms with Gasteiger partial charge < -0.3 is 4.74 Å². The quantitative estimate of drug-likeness (QED) is 0.735. The van der Waals surface area contributed by atoms with Gasteiger partial charge in [0.2, 0.25) is 0 Å². The fourth-order valence-electron chi connectivity index (χ4n) is 4.66. The van der Waals surface area contributed by atoms with E-state index in [2.05, 4.69) is 20.8 Å². The van der Waals surface area contributed by atoms with Crippen LogP contribution in [0.5, 0.6) is 0 Å². The largest absolute Gasteiger partial charge is 0.445 e. The van der Waals surface area contributed by atoms with Gasteiger partial charge in [-0.15, -0.1) is 0 Å². The summed E-state index contributed by atoms with van der Waals surface area (Å²) in [5.41, 5.74) is 0. The van der Waals surface area contributed by atoms with E-state index in [0.29, 0.717) is 24.7 Å². The maximum Gasteiger partial charge on any atom is 0.426 e. The van der Waals surface area contributed by atoms with Gasteiger partial charge in [-0.2, -0.15) is 12.7 Å². The minimum atomic E-state index is -4.03. The first-order chi connectivity index (χ1) is 11.8. The van der Waals surface area contributed by atoms with Gasteiger partial charge in [-0.25, -0.2) is 8.98 Å². The lowest BCUT2D eigenvalue weighted by molar-refractivity contribution is -0.00500. The summed E-state index contributed by atoms with van der Waals surface area (Å²) in [4.78, 5) is 12.8. The molecule has 6 nitrogen and oxygen atoms in total. The molecular formula is C18H31NO5S. The highest BCUT2D eigenvalue weighted by atomic mass is 32.2. The Hall–Kier alpha value is -0.820. The van der Waals surface area contributed by atoms with E-state index in [0.717, 1.165) is 42.8 Å². The summed E-state index contributed by atoms with van der Waals surface area (Å²) in [6, 6.07) is -0.404. The normalized spacial score (nSPS) is 38.2. The predicted octanol–water partition coefficient (Wildman–Crippen LogP) is 3.86. The number of nitrogens with zero attached hydrogens (tertiary/aromatic N) is 1. The van der Waals surface area contributed by atoms with Crippen molar-refractivity contribution in [1.29, 1.82) is 0 Å². The van der Waals surface area contributed by atoms with Crippen molar-refractivity contribution in [1.82, 2.24) is 4.31 Å². The van der Waals surface area contributed by atoms with E-state index < -0.39 is 28.5 Å². The van der Waals surface area contributed by atoms with Crippen LogP contribution in [0.25, 0.3) is 0 Å². The number of rotatable bonds is 2. The maximum absolute atomic E-state index is 12.8. The molecule has 2 aliphatic carbocycles. The van der Waals surface area contributed by atoms with Gasteiger partial charge in [-0.3, -0.25) is 0 Å². The van der Waals surface area contributed by atoms with Gasteiger partial charge in [0.25, 0.3) is 0 Å². The average Bonchev–Trinajstić information content (AvgIpc) is 2.64. The van der Waals surface area contributed by atoms with Crippen LogP contribution in [0.2, 0.25) is 0 Å². The summed E-state index contributed by atoms with van der Waals surface area (Å²) >= 11 is 0. The highest BCUT2D eigenvalue weighted by Gasteiger charge is 2.51. The van der Waals surface area contributed by atoms with Crippen molar-refractivity contribution in [3.63, 3.8) is 0 Å². The van der Waals surface area contributed by atoms with Crippen LogP contribution < -0.4 is 0 Å². The molecule has 0 aromatic rings. The van der Waals surface area contributed by atoms with Crippen LogP contribution in [0.3, 0.4) is 0 Å². The first kappa shape index (κ1) is 19.0. The van der Waals surface area contributed by atoms with Gasteiger partial charge in [0.1, 0.15) is 12.2 Å². The molecule has 0 aromatic heterocycles. The Kier molecular flexibility index (Phi) is 5.63. The molecule has 1 aliphatic heterocycles. The number of ether oxygens (including phenoxy) is 1. The Morgan fingerprint density at radius 2 is 1.84 bits per heavy atom. The molecule has 5 atom stereocenters. The van der Waals surface area contributed by atoms with Gasteiger partial charge in [0, 0.05) is 0 Å². The second-order valence-corrected chi connectivity index (χ2v) is 9.78. The SMILES string of the molecule is CC(C)[C@@H]1CC[C@@H](C)C[C@H]1OC(=O)N1C2CCCCCC2OS1(=O)=O. The van der Waals surface area contributed by atoms with Crippen LogP contribution in [0.4, 0.5) is 4.79 Å². The van der Waals surface area contributed by atoms with Crippen molar-refractivity contribution >= 4 is 16.4 Å². The second kappa shape index (κ2) is 7.43. The smallest absolute Gasteiger partial charge is 0.426 e. The molecule has 3 rings (SSSR count). The van der Waals surface area contributed by atoms with Crippen LogP contribution in [-0.2, 0) is 19.2 Å². The van der Waals surface area contributed by atoms with Crippen molar-refractivity contribution in [2.24, 2.45) is 17.8 Å². The Balaban J connectivity index is 1.76. The first-order valence-corrected chi connectivity index (χ1v) is 11.1. The number of carbonyl (C=O) groups excluding carboxylic acids is 1. The lowest BCUT2D eigenvalue weighted by Gasteiger charge is -2.37. The zero-order valence-electron chi connectivity index (χ0n) is 15.5. The average molecular weight is 374 g/mol. The summed E-state index contributed by atoms with van der Waals surface area (Å²) in [5.74, 6) is 1.18. The lowest BCUT2D eigenvalue weighted by Crippen LogP contribution is -2.45. The second-order valence-electron chi connectivity index (χ2n) is 8.34. The summed E-state index contributed by atoms with van der Waals surface area (Å²) in [6.07, 6.45) is 5.84. The Labute approximate surface area is 151 Å². The molecule has 0 N–H and O–H groups in total. The van der Waals surface area contributed by atoms with Crippen molar-refractivity contribution in [2.45, 2.75) is 90.4 Å². The van der Waals surface area contributed by atoms with Crippen LogP contribution >= 0.6 is 0 Å². The predicted molar refractivity (Wildman–Crippen MR) is 94.1 cm³/mol. The van der Waals surface area contributed by atoms with E-state index in [1.54, 1.807) is 0 Å². The Morgan fingerprint density at radius 3 is 2.56 bits per heavy atom. The number of carbonyl (C=O) groups is 1. The molecule has 0 aromatic carbocycles. The zero-order valence-corrected chi connectivity index (χ0v) is 16.3. The van der Waals surface area contributed by atoms with Crippen LogP contribution in [-0.4, -0.2) is 37.1 Å². The van der Waals surface area contributed by atoms with E-state index in [1.165, 1.54) is 0 Å². The molecule has 0 radical (unpaired) electrons. The van der Waals surface area contributed by atoms with Gasteiger partial charge in [0.05, 0.1) is 6.04 Å². The molecule has 1 saturated heterocycles. The summed E-state index contributed by atoms with van der Waals surface area (Å²) in [7, 11) is -4.03. The minimum Gasteiger partial charge on any atom is -0.445 e. The van der Waals surface area contributed by atoms with Gasteiger partial charge in [-0.1, -0.05) is 46.5 Å². The molecule has 1 amide bonds. The summed E-state index contributed by atoms with van der Waals surface area (Å²) in [5, 5.41) is 0. The lowest BCUT2D eigenvalue weighted by atomic mass is 9.75. The van der Waals surface area contributed by atoms with Crippen molar-refractivity contribution in [2.75, 3.05) is 0 Å². The number of fused-ring (bicyclic) bond motifs is 1. The molecular weight excluding hydrogens is 342 g/mol. The van der Waals surface area contributed by atoms with Crippen LogP contribution in [0.15, 0.2) is 0 Å². The topological polar surface area (TPSA) is 72.9 Å². The van der Waals surface area contributed by atoms with E-state index in [4.69, 9.17) is 8.92 Å². The minimum absolute atomic E-state index is 0.212. The molecule has 3 aliphatic rings. The van der Waals surface area contributed by atoms with E-state index in [9.17, 15) is 13.2 Å². The van der Waals surface area contributed by atoms with E-state index in [-0.39, 0.29) is 12.0 Å². The summed E-state index contributed by atoms with van der Waals surface area (Å²) in [6.45, 7) is 6.44. The van der Waals surface area contributed by atoms with Gasteiger partial charge >= 0.3 is 16.4 Å². The molecule has 1 heterocycles. The molecule has 144 valence electrons. The van der Waals surface area contributed by atoms with Gasteiger partial charge in [-0.05, 0) is 43.4 Å². The molecule has 7 heteroatoms. The highest BCUT2D eigenvalue weighted by molar-refractivity contribution is 7.85. The fraction of sp³-hybridized carbons (Fsp3) is 0.944. The van der Waals surface area contributed by atoms with Crippen molar-refractivity contribution in [3.8, 4) is 0 Å². The number of hydrogen-bond acceptors (Lipinski definition) is 5. The third-order valence-electron chi connectivity index (χ3n) is 6.10. The standard InChI is InChI=1S/C18H31NO5S/c1-12(2)14-10-9-13(3)11-17(14)23-18(20)19-15-7-5-4-6-8-16(15)24-25(19,21)22/h12-17H,4-11H2,1-3H3/t13-,14+,15?,16?,17-/m1/s1. The molecule has 25 heavy (non-hydrogen) atoms.